The van der Waals surface area contributed by atoms with Crippen LogP contribution in [0, 0.1) is 0 Å². The minimum Gasteiger partial charge on any atom is -0.264 e. The van der Waals surface area contributed by atoms with E-state index in [0.29, 0.717) is 17.2 Å². The summed E-state index contributed by atoms with van der Waals surface area (Å²) in [5.41, 5.74) is 0.834. The number of pyridine rings is 1. The van der Waals surface area contributed by atoms with Crippen LogP contribution in [0.25, 0.3) is 16.3 Å². The first-order valence-corrected chi connectivity index (χ1v) is 9.09. The molecule has 7 nitrogen and oxygen atoms in total. The zero-order chi connectivity index (χ0) is 14.4. The molecule has 3 aromatic heterocycles. The molecule has 21 heavy (non-hydrogen) atoms. The van der Waals surface area contributed by atoms with Gasteiger partial charge in [-0.05, 0) is 18.6 Å². The van der Waals surface area contributed by atoms with Crippen LogP contribution in [0.5, 0.6) is 0 Å². The number of nitrogens with zero attached hydrogens (tertiary/aromatic N) is 5. The molecule has 0 saturated carbocycles. The zero-order valence-corrected chi connectivity index (χ0v) is 12.5. The number of hydrogen-bond acceptors (Lipinski definition) is 7. The molecule has 0 bridgehead atoms. The van der Waals surface area contributed by atoms with Crippen LogP contribution in [0.1, 0.15) is 17.3 Å². The molecule has 1 atom stereocenters. The molecule has 0 amide bonds. The van der Waals surface area contributed by atoms with Gasteiger partial charge in [0.25, 0.3) is 0 Å². The molecule has 9 heteroatoms. The van der Waals surface area contributed by atoms with E-state index in [1.165, 1.54) is 11.3 Å². The first-order valence-electron chi connectivity index (χ1n) is 6.45. The molecule has 4 heterocycles. The largest absolute Gasteiger partial charge is 0.264 e. The van der Waals surface area contributed by atoms with E-state index in [4.69, 9.17) is 0 Å². The molecular weight excluding hydrogens is 310 g/mol. The first kappa shape index (κ1) is 12.8. The van der Waals surface area contributed by atoms with Gasteiger partial charge in [-0.3, -0.25) is 4.98 Å². The predicted octanol–water partition coefficient (Wildman–Crippen LogP) is 1.15. The molecule has 108 valence electrons. The van der Waals surface area contributed by atoms with Gasteiger partial charge in [-0.1, -0.05) is 11.3 Å². The second-order valence-electron chi connectivity index (χ2n) is 5.00. The van der Waals surface area contributed by atoms with Crippen LogP contribution in [0.4, 0.5) is 0 Å². The van der Waals surface area contributed by atoms with E-state index in [2.05, 4.69) is 20.3 Å². The number of hydrogen-bond donors (Lipinski definition) is 0. The molecule has 1 fully saturated rings. The van der Waals surface area contributed by atoms with Crippen LogP contribution in [0.15, 0.2) is 24.5 Å². The van der Waals surface area contributed by atoms with Gasteiger partial charge in [0.1, 0.15) is 5.01 Å². The molecule has 0 aromatic carbocycles. The number of aromatic nitrogens is 5. The van der Waals surface area contributed by atoms with Crippen LogP contribution >= 0.6 is 11.3 Å². The fourth-order valence-electron chi connectivity index (χ4n) is 2.46. The molecule has 4 rings (SSSR count). The lowest BCUT2D eigenvalue weighted by molar-refractivity contribution is 0.601. The van der Waals surface area contributed by atoms with Crippen LogP contribution in [0.2, 0.25) is 0 Å². The van der Waals surface area contributed by atoms with Gasteiger partial charge in [-0.2, -0.15) is 9.61 Å². The Bertz CT molecular complexity index is 900. The summed E-state index contributed by atoms with van der Waals surface area (Å²) < 4.78 is 24.8. The molecule has 3 aromatic rings. The lowest BCUT2D eigenvalue weighted by Crippen LogP contribution is -2.04. The molecule has 0 aliphatic carbocycles. The lowest BCUT2D eigenvalue weighted by Gasteiger charge is -2.00. The second-order valence-corrected chi connectivity index (χ2v) is 8.22. The third-order valence-electron chi connectivity index (χ3n) is 3.51. The predicted molar refractivity (Wildman–Crippen MR) is 77.9 cm³/mol. The third-order valence-corrected chi connectivity index (χ3v) is 6.34. The van der Waals surface area contributed by atoms with Crippen molar-refractivity contribution in [3.63, 3.8) is 0 Å². The summed E-state index contributed by atoms with van der Waals surface area (Å²) in [6.45, 7) is 0. The van der Waals surface area contributed by atoms with Gasteiger partial charge >= 0.3 is 0 Å². The number of rotatable bonds is 2. The quantitative estimate of drug-likeness (QED) is 0.703. The van der Waals surface area contributed by atoms with Gasteiger partial charge < -0.3 is 0 Å². The average molecular weight is 321 g/mol. The van der Waals surface area contributed by atoms with Crippen molar-refractivity contribution < 1.29 is 8.42 Å². The Morgan fingerprint density at radius 2 is 2.24 bits per heavy atom. The minimum absolute atomic E-state index is 0.0246. The summed E-state index contributed by atoms with van der Waals surface area (Å²) in [6.07, 6.45) is 4.03. The van der Waals surface area contributed by atoms with Gasteiger partial charge in [0.05, 0.1) is 11.5 Å². The molecule has 0 unspecified atom stereocenters. The number of sulfone groups is 1. The van der Waals surface area contributed by atoms with E-state index in [0.717, 1.165) is 10.6 Å². The van der Waals surface area contributed by atoms with Gasteiger partial charge in [-0.15, -0.1) is 10.2 Å². The second kappa shape index (κ2) is 4.57. The van der Waals surface area contributed by atoms with Crippen molar-refractivity contribution in [2.45, 2.75) is 12.3 Å². The standard InChI is InChI=1S/C12H11N5O2S2/c18-21(19)5-3-9(7-21)11-16-17-10(14-15-12(17)20-11)8-2-1-4-13-6-8/h1-2,4,6,9H,3,5,7H2/t9-/m0/s1. The first-order chi connectivity index (χ1) is 10.1. The fraction of sp³-hybridized carbons (Fsp3) is 0.333. The summed E-state index contributed by atoms with van der Waals surface area (Å²) >= 11 is 1.40. The highest BCUT2D eigenvalue weighted by Gasteiger charge is 2.32. The summed E-state index contributed by atoms with van der Waals surface area (Å²) in [7, 11) is -2.92. The topological polar surface area (TPSA) is 90.1 Å². The summed E-state index contributed by atoms with van der Waals surface area (Å²) in [5, 5.41) is 13.6. The Hall–Kier alpha value is -1.87. The Morgan fingerprint density at radius 3 is 2.95 bits per heavy atom. The number of fused-ring (bicyclic) bond motifs is 1. The Morgan fingerprint density at radius 1 is 1.33 bits per heavy atom. The Labute approximate surface area is 124 Å². The van der Waals surface area contributed by atoms with E-state index in [1.807, 2.05) is 12.1 Å². The van der Waals surface area contributed by atoms with Gasteiger partial charge in [0, 0.05) is 23.9 Å². The average Bonchev–Trinajstić information content (AvgIpc) is 3.12. The maximum Gasteiger partial charge on any atom is 0.234 e. The molecule has 0 N–H and O–H groups in total. The summed E-state index contributed by atoms with van der Waals surface area (Å²) in [5.74, 6) is 1.02. The van der Waals surface area contributed by atoms with Crippen molar-refractivity contribution in [1.82, 2.24) is 24.8 Å². The Kier molecular flexibility index (Phi) is 2.79. The lowest BCUT2D eigenvalue weighted by atomic mass is 10.1. The van der Waals surface area contributed by atoms with Crippen molar-refractivity contribution in [3.05, 3.63) is 29.5 Å². The zero-order valence-electron chi connectivity index (χ0n) is 10.9. The molecule has 0 radical (unpaired) electrons. The van der Waals surface area contributed by atoms with E-state index in [1.54, 1.807) is 16.9 Å². The van der Waals surface area contributed by atoms with Crippen LogP contribution < -0.4 is 0 Å². The molecular formula is C12H11N5O2S2. The van der Waals surface area contributed by atoms with Gasteiger partial charge in [0.2, 0.25) is 4.96 Å². The molecule has 1 aliphatic rings. The highest BCUT2D eigenvalue weighted by atomic mass is 32.2. The van der Waals surface area contributed by atoms with Crippen molar-refractivity contribution in [3.8, 4) is 11.4 Å². The molecule has 1 saturated heterocycles. The van der Waals surface area contributed by atoms with Crippen molar-refractivity contribution in [2.24, 2.45) is 0 Å². The highest BCUT2D eigenvalue weighted by molar-refractivity contribution is 7.91. The van der Waals surface area contributed by atoms with Gasteiger partial charge in [-0.25, -0.2) is 8.42 Å². The van der Waals surface area contributed by atoms with E-state index in [-0.39, 0.29) is 17.4 Å². The van der Waals surface area contributed by atoms with Crippen LogP contribution in [-0.4, -0.2) is 44.7 Å². The maximum atomic E-state index is 11.6. The SMILES string of the molecule is O=S1(=O)CC[C@H](c2nn3c(-c4cccnc4)nnc3s2)C1. The van der Waals surface area contributed by atoms with E-state index >= 15 is 0 Å². The molecule has 0 spiro atoms. The summed E-state index contributed by atoms with van der Waals surface area (Å²) in [4.78, 5) is 4.74. The fourth-order valence-corrected chi connectivity index (χ4v) is 5.29. The third kappa shape index (κ3) is 2.22. The monoisotopic (exact) mass is 321 g/mol. The molecule has 1 aliphatic heterocycles. The maximum absolute atomic E-state index is 11.6. The smallest absolute Gasteiger partial charge is 0.234 e. The van der Waals surface area contributed by atoms with Crippen LogP contribution in [0.3, 0.4) is 0 Å². The highest BCUT2D eigenvalue weighted by Crippen LogP contribution is 2.32. The van der Waals surface area contributed by atoms with Crippen molar-refractivity contribution in [2.75, 3.05) is 11.5 Å². The summed E-state index contributed by atoms with van der Waals surface area (Å²) in [6, 6.07) is 3.72. The van der Waals surface area contributed by atoms with Crippen molar-refractivity contribution >= 4 is 26.1 Å². The Balaban J connectivity index is 1.77. The van der Waals surface area contributed by atoms with Crippen LogP contribution in [-0.2, 0) is 9.84 Å². The van der Waals surface area contributed by atoms with Gasteiger partial charge in [0.15, 0.2) is 15.7 Å². The minimum atomic E-state index is -2.92. The van der Waals surface area contributed by atoms with E-state index < -0.39 is 9.84 Å². The normalized spacial score (nSPS) is 21.0. The van der Waals surface area contributed by atoms with Crippen molar-refractivity contribution in [1.29, 1.82) is 0 Å². The van der Waals surface area contributed by atoms with E-state index in [9.17, 15) is 8.42 Å².